The highest BCUT2D eigenvalue weighted by molar-refractivity contribution is 6.30. The molecule has 0 atom stereocenters. The summed E-state index contributed by atoms with van der Waals surface area (Å²) in [7, 11) is 3.64. The summed E-state index contributed by atoms with van der Waals surface area (Å²) in [6.45, 7) is 1.74. The Bertz CT molecular complexity index is 331. The van der Waals surface area contributed by atoms with Crippen LogP contribution in [0.15, 0.2) is 18.2 Å². The van der Waals surface area contributed by atoms with Gasteiger partial charge in [-0.05, 0) is 37.2 Å². The first-order valence-corrected chi connectivity index (χ1v) is 5.67. The van der Waals surface area contributed by atoms with E-state index in [4.69, 9.17) is 21.4 Å². The van der Waals surface area contributed by atoms with Gasteiger partial charge in [-0.15, -0.1) is 0 Å². The van der Waals surface area contributed by atoms with Gasteiger partial charge in [0.05, 0.1) is 13.7 Å². The van der Waals surface area contributed by atoms with Gasteiger partial charge in [-0.1, -0.05) is 11.6 Å². The third-order valence-electron chi connectivity index (χ3n) is 2.49. The first-order chi connectivity index (χ1) is 7.67. The molecule has 0 fully saturated rings. The molecule has 90 valence electrons. The zero-order chi connectivity index (χ0) is 12.0. The number of aliphatic hydroxyl groups is 1. The second-order valence-electron chi connectivity index (χ2n) is 3.73. The van der Waals surface area contributed by atoms with Gasteiger partial charge < -0.3 is 14.7 Å². The molecule has 0 aromatic heterocycles. The molecule has 0 aliphatic carbocycles. The molecule has 0 amide bonds. The minimum atomic E-state index is 0.184. The highest BCUT2D eigenvalue weighted by atomic mass is 35.5. The Morgan fingerprint density at radius 1 is 1.38 bits per heavy atom. The van der Waals surface area contributed by atoms with Gasteiger partial charge in [-0.2, -0.15) is 0 Å². The van der Waals surface area contributed by atoms with Crippen LogP contribution in [0.4, 0.5) is 0 Å². The zero-order valence-corrected chi connectivity index (χ0v) is 10.5. The summed E-state index contributed by atoms with van der Waals surface area (Å²) in [4.78, 5) is 2.07. The monoisotopic (exact) mass is 243 g/mol. The molecule has 0 bridgehead atoms. The molecule has 4 heteroatoms. The Hall–Kier alpha value is -0.770. The Balaban J connectivity index is 2.61. The summed E-state index contributed by atoms with van der Waals surface area (Å²) >= 11 is 5.94. The molecule has 1 N–H and O–H groups in total. The number of ether oxygens (including phenoxy) is 1. The van der Waals surface area contributed by atoms with Crippen LogP contribution in [0.1, 0.15) is 5.56 Å². The molecule has 0 saturated heterocycles. The van der Waals surface area contributed by atoms with Crippen LogP contribution in [0.25, 0.3) is 0 Å². The van der Waals surface area contributed by atoms with E-state index in [9.17, 15) is 0 Å². The molecule has 3 nitrogen and oxygen atoms in total. The number of rotatable bonds is 6. The standard InChI is InChI=1S/C12H18ClNO2/c1-14(7-8-15)6-5-10-9-11(13)3-4-12(10)16-2/h3-4,9,15H,5-8H2,1-2H3. The fourth-order valence-electron chi connectivity index (χ4n) is 1.54. The largest absolute Gasteiger partial charge is 0.496 e. The molecule has 0 spiro atoms. The van der Waals surface area contributed by atoms with Crippen LogP contribution in [-0.4, -0.2) is 43.9 Å². The molecule has 1 rings (SSSR count). The summed E-state index contributed by atoms with van der Waals surface area (Å²) in [6.07, 6.45) is 0.861. The zero-order valence-electron chi connectivity index (χ0n) is 9.74. The smallest absolute Gasteiger partial charge is 0.122 e. The normalized spacial score (nSPS) is 10.8. The molecule has 0 unspecified atom stereocenters. The van der Waals surface area contributed by atoms with Crippen LogP contribution in [0, 0.1) is 0 Å². The highest BCUT2D eigenvalue weighted by Gasteiger charge is 2.05. The van der Waals surface area contributed by atoms with Gasteiger partial charge in [0, 0.05) is 18.1 Å². The third-order valence-corrected chi connectivity index (χ3v) is 2.72. The van der Waals surface area contributed by atoms with E-state index in [1.165, 1.54) is 0 Å². The predicted octanol–water partition coefficient (Wildman–Crippen LogP) is 1.82. The lowest BCUT2D eigenvalue weighted by atomic mass is 10.1. The lowest BCUT2D eigenvalue weighted by molar-refractivity contribution is 0.222. The van der Waals surface area contributed by atoms with Crippen molar-refractivity contribution in [2.75, 3.05) is 33.9 Å². The third kappa shape index (κ3) is 4.00. The van der Waals surface area contributed by atoms with Crippen molar-refractivity contribution in [3.63, 3.8) is 0 Å². The number of methoxy groups -OCH3 is 1. The maximum atomic E-state index is 8.79. The molecule has 0 saturated carbocycles. The average Bonchev–Trinajstić information content (AvgIpc) is 2.27. The van der Waals surface area contributed by atoms with Gasteiger partial charge in [0.2, 0.25) is 0 Å². The number of benzene rings is 1. The number of hydrogen-bond acceptors (Lipinski definition) is 3. The fraction of sp³-hybridized carbons (Fsp3) is 0.500. The molecule has 0 heterocycles. The molecule has 0 radical (unpaired) electrons. The summed E-state index contributed by atoms with van der Waals surface area (Å²) in [5.41, 5.74) is 1.10. The number of aliphatic hydroxyl groups excluding tert-OH is 1. The van der Waals surface area contributed by atoms with Gasteiger partial charge in [-0.3, -0.25) is 0 Å². The maximum absolute atomic E-state index is 8.79. The van der Waals surface area contributed by atoms with Crippen LogP contribution >= 0.6 is 11.6 Å². The van der Waals surface area contributed by atoms with Crippen LogP contribution in [0.2, 0.25) is 5.02 Å². The highest BCUT2D eigenvalue weighted by Crippen LogP contribution is 2.23. The SMILES string of the molecule is COc1ccc(Cl)cc1CCN(C)CCO. The molecular weight excluding hydrogens is 226 g/mol. The van der Waals surface area contributed by atoms with Gasteiger partial charge >= 0.3 is 0 Å². The first-order valence-electron chi connectivity index (χ1n) is 5.29. The van der Waals surface area contributed by atoms with Gasteiger partial charge in [0.1, 0.15) is 5.75 Å². The van der Waals surface area contributed by atoms with E-state index in [-0.39, 0.29) is 6.61 Å². The van der Waals surface area contributed by atoms with Crippen molar-refractivity contribution in [1.29, 1.82) is 0 Å². The Morgan fingerprint density at radius 3 is 2.75 bits per heavy atom. The van der Waals surface area contributed by atoms with Gasteiger partial charge in [0.15, 0.2) is 0 Å². The Labute approximate surface area is 102 Å². The molecular formula is C12H18ClNO2. The van der Waals surface area contributed by atoms with Crippen molar-refractivity contribution < 1.29 is 9.84 Å². The van der Waals surface area contributed by atoms with Crippen molar-refractivity contribution in [2.45, 2.75) is 6.42 Å². The maximum Gasteiger partial charge on any atom is 0.122 e. The average molecular weight is 244 g/mol. The summed E-state index contributed by atoms with van der Waals surface area (Å²) in [5.74, 6) is 0.863. The van der Waals surface area contributed by atoms with E-state index in [2.05, 4.69) is 4.90 Å². The van der Waals surface area contributed by atoms with E-state index >= 15 is 0 Å². The lowest BCUT2D eigenvalue weighted by Gasteiger charge is -2.16. The molecule has 0 aliphatic rings. The Morgan fingerprint density at radius 2 is 2.12 bits per heavy atom. The second-order valence-corrected chi connectivity index (χ2v) is 4.17. The number of halogens is 1. The fourth-order valence-corrected chi connectivity index (χ4v) is 1.73. The number of likely N-dealkylation sites (N-methyl/N-ethyl adjacent to an activating group) is 1. The van der Waals surface area contributed by atoms with Gasteiger partial charge in [-0.25, -0.2) is 0 Å². The van der Waals surface area contributed by atoms with Crippen LogP contribution in [0.5, 0.6) is 5.75 Å². The van der Waals surface area contributed by atoms with E-state index in [0.717, 1.165) is 29.3 Å². The van der Waals surface area contributed by atoms with E-state index in [1.54, 1.807) is 7.11 Å². The van der Waals surface area contributed by atoms with Crippen LogP contribution < -0.4 is 4.74 Å². The Kier molecular flexibility index (Phi) is 5.60. The van der Waals surface area contributed by atoms with E-state index in [0.29, 0.717) is 6.54 Å². The minimum absolute atomic E-state index is 0.184. The van der Waals surface area contributed by atoms with Crippen molar-refractivity contribution in [3.8, 4) is 5.75 Å². The summed E-state index contributed by atoms with van der Waals surface area (Å²) < 4.78 is 5.27. The van der Waals surface area contributed by atoms with Crippen molar-refractivity contribution >= 4 is 11.6 Å². The van der Waals surface area contributed by atoms with E-state index < -0.39 is 0 Å². The molecule has 1 aromatic rings. The summed E-state index contributed by atoms with van der Waals surface area (Å²) in [5, 5.41) is 9.51. The van der Waals surface area contributed by atoms with Crippen LogP contribution in [-0.2, 0) is 6.42 Å². The summed E-state index contributed by atoms with van der Waals surface area (Å²) in [6, 6.07) is 5.62. The molecule has 0 aliphatic heterocycles. The lowest BCUT2D eigenvalue weighted by Crippen LogP contribution is -2.24. The van der Waals surface area contributed by atoms with Gasteiger partial charge in [0.25, 0.3) is 0 Å². The topological polar surface area (TPSA) is 32.7 Å². The van der Waals surface area contributed by atoms with Crippen molar-refractivity contribution in [2.24, 2.45) is 0 Å². The number of hydrogen-bond donors (Lipinski definition) is 1. The minimum Gasteiger partial charge on any atom is -0.496 e. The molecule has 16 heavy (non-hydrogen) atoms. The number of nitrogens with zero attached hydrogens (tertiary/aromatic N) is 1. The predicted molar refractivity (Wildman–Crippen MR) is 66.3 cm³/mol. The quantitative estimate of drug-likeness (QED) is 0.827. The van der Waals surface area contributed by atoms with Crippen LogP contribution in [0.3, 0.4) is 0 Å². The van der Waals surface area contributed by atoms with Crippen molar-refractivity contribution in [3.05, 3.63) is 28.8 Å². The van der Waals surface area contributed by atoms with E-state index in [1.807, 2.05) is 25.2 Å². The van der Waals surface area contributed by atoms with Crippen molar-refractivity contribution in [1.82, 2.24) is 4.90 Å². The molecule has 1 aromatic carbocycles. The first kappa shape index (κ1) is 13.3. The second kappa shape index (κ2) is 6.74.